The standard InChI is InChI=1S/C12H14N6O2S/c1-13-11-12(18-5-3-2-4-10(18)17-11)21(19,20)16-8-9-6-14-15-7-9/h2-7,13,16H,8H2,1H3,(H,14,15). The average Bonchev–Trinajstić information content (AvgIpc) is 3.12. The Bertz CT molecular complexity index is 853. The Morgan fingerprint density at radius 2 is 2.24 bits per heavy atom. The highest BCUT2D eigenvalue weighted by atomic mass is 32.2. The van der Waals surface area contributed by atoms with Crippen molar-refractivity contribution in [2.45, 2.75) is 11.6 Å². The van der Waals surface area contributed by atoms with Crippen LogP contribution in [0.5, 0.6) is 0 Å². The van der Waals surface area contributed by atoms with E-state index in [0.717, 1.165) is 5.56 Å². The summed E-state index contributed by atoms with van der Waals surface area (Å²) in [5, 5.41) is 9.32. The van der Waals surface area contributed by atoms with Gasteiger partial charge in [-0.25, -0.2) is 18.1 Å². The molecule has 3 heterocycles. The molecule has 0 aromatic carbocycles. The van der Waals surface area contributed by atoms with Crippen molar-refractivity contribution >= 4 is 21.5 Å². The monoisotopic (exact) mass is 306 g/mol. The van der Waals surface area contributed by atoms with E-state index in [9.17, 15) is 8.42 Å². The first kappa shape index (κ1) is 13.6. The minimum Gasteiger partial charge on any atom is -0.371 e. The Hall–Kier alpha value is -2.39. The highest BCUT2D eigenvalue weighted by Crippen LogP contribution is 2.22. The van der Waals surface area contributed by atoms with Crippen LogP contribution in [0.15, 0.2) is 41.8 Å². The summed E-state index contributed by atoms with van der Waals surface area (Å²) in [7, 11) is -2.08. The van der Waals surface area contributed by atoms with Crippen molar-refractivity contribution in [3.05, 3.63) is 42.4 Å². The molecule has 0 saturated carbocycles. The van der Waals surface area contributed by atoms with Gasteiger partial charge in [-0.3, -0.25) is 9.50 Å². The summed E-state index contributed by atoms with van der Waals surface area (Å²) < 4.78 is 29.2. The summed E-state index contributed by atoms with van der Waals surface area (Å²) >= 11 is 0. The van der Waals surface area contributed by atoms with Gasteiger partial charge in [0.2, 0.25) is 0 Å². The maximum atomic E-state index is 12.5. The van der Waals surface area contributed by atoms with Crippen molar-refractivity contribution in [1.29, 1.82) is 0 Å². The molecule has 0 spiro atoms. The van der Waals surface area contributed by atoms with Gasteiger partial charge in [0, 0.05) is 31.5 Å². The van der Waals surface area contributed by atoms with Crippen LogP contribution in [-0.4, -0.2) is 35.0 Å². The predicted molar refractivity (Wildman–Crippen MR) is 77.4 cm³/mol. The number of anilines is 1. The molecule has 0 unspecified atom stereocenters. The number of rotatable bonds is 5. The molecule has 0 saturated heterocycles. The van der Waals surface area contributed by atoms with Gasteiger partial charge in [0.05, 0.1) is 6.20 Å². The third-order valence-corrected chi connectivity index (χ3v) is 4.42. The third kappa shape index (κ3) is 2.48. The summed E-state index contributed by atoms with van der Waals surface area (Å²) in [6.45, 7) is 0.155. The fourth-order valence-corrected chi connectivity index (χ4v) is 3.32. The average molecular weight is 306 g/mol. The Kier molecular flexibility index (Phi) is 3.35. The lowest BCUT2D eigenvalue weighted by molar-refractivity contribution is 0.577. The van der Waals surface area contributed by atoms with E-state index in [0.29, 0.717) is 11.5 Å². The second-order valence-electron chi connectivity index (χ2n) is 4.38. The maximum absolute atomic E-state index is 12.5. The number of fused-ring (bicyclic) bond motifs is 1. The van der Waals surface area contributed by atoms with Gasteiger partial charge in [0.15, 0.2) is 10.8 Å². The van der Waals surface area contributed by atoms with Crippen LogP contribution in [0.4, 0.5) is 5.82 Å². The number of hydrogen-bond donors (Lipinski definition) is 3. The molecule has 0 aliphatic rings. The van der Waals surface area contributed by atoms with Gasteiger partial charge in [-0.05, 0) is 12.1 Å². The molecule has 0 aliphatic heterocycles. The molecule has 0 fully saturated rings. The first-order valence-corrected chi connectivity index (χ1v) is 7.72. The lowest BCUT2D eigenvalue weighted by atomic mass is 10.4. The molecule has 21 heavy (non-hydrogen) atoms. The lowest BCUT2D eigenvalue weighted by Crippen LogP contribution is -2.25. The van der Waals surface area contributed by atoms with Crippen LogP contribution in [-0.2, 0) is 16.6 Å². The Balaban J connectivity index is 2.01. The van der Waals surface area contributed by atoms with E-state index in [1.54, 1.807) is 43.8 Å². The van der Waals surface area contributed by atoms with Gasteiger partial charge in [-0.15, -0.1) is 0 Å². The zero-order chi connectivity index (χ0) is 14.9. The van der Waals surface area contributed by atoms with Gasteiger partial charge in [0.25, 0.3) is 10.0 Å². The molecule has 9 heteroatoms. The minimum atomic E-state index is -3.72. The van der Waals surface area contributed by atoms with Crippen LogP contribution in [0.25, 0.3) is 5.65 Å². The number of H-pyrrole nitrogens is 1. The number of sulfonamides is 1. The van der Waals surface area contributed by atoms with Crippen molar-refractivity contribution in [1.82, 2.24) is 24.3 Å². The molecule has 0 radical (unpaired) electrons. The maximum Gasteiger partial charge on any atom is 0.260 e. The molecule has 8 nitrogen and oxygen atoms in total. The Labute approximate surface area is 121 Å². The van der Waals surface area contributed by atoms with Crippen molar-refractivity contribution in [3.63, 3.8) is 0 Å². The van der Waals surface area contributed by atoms with Gasteiger partial charge in [0.1, 0.15) is 5.65 Å². The number of imidazole rings is 1. The van der Waals surface area contributed by atoms with E-state index < -0.39 is 10.0 Å². The van der Waals surface area contributed by atoms with Crippen LogP contribution in [0.2, 0.25) is 0 Å². The normalized spacial score (nSPS) is 11.9. The number of nitrogens with one attached hydrogen (secondary N) is 3. The van der Waals surface area contributed by atoms with E-state index in [2.05, 4.69) is 25.2 Å². The van der Waals surface area contributed by atoms with E-state index in [1.807, 2.05) is 0 Å². The van der Waals surface area contributed by atoms with Crippen molar-refractivity contribution < 1.29 is 8.42 Å². The van der Waals surface area contributed by atoms with E-state index in [4.69, 9.17) is 0 Å². The van der Waals surface area contributed by atoms with Crippen LogP contribution < -0.4 is 10.0 Å². The molecule has 0 bridgehead atoms. The number of nitrogens with zero attached hydrogens (tertiary/aromatic N) is 3. The minimum absolute atomic E-state index is 0.0871. The van der Waals surface area contributed by atoms with Gasteiger partial charge < -0.3 is 5.32 Å². The first-order chi connectivity index (χ1) is 10.1. The van der Waals surface area contributed by atoms with Gasteiger partial charge in [-0.2, -0.15) is 5.10 Å². The molecule has 0 aliphatic carbocycles. The lowest BCUT2D eigenvalue weighted by Gasteiger charge is -2.07. The molecule has 3 rings (SSSR count). The number of pyridine rings is 1. The van der Waals surface area contributed by atoms with Crippen molar-refractivity contribution in [2.24, 2.45) is 0 Å². The quantitative estimate of drug-likeness (QED) is 0.639. The zero-order valence-corrected chi connectivity index (χ0v) is 12.1. The van der Waals surface area contributed by atoms with Crippen LogP contribution >= 0.6 is 0 Å². The van der Waals surface area contributed by atoms with Crippen LogP contribution in [0, 0.1) is 0 Å². The largest absolute Gasteiger partial charge is 0.371 e. The summed E-state index contributed by atoms with van der Waals surface area (Å²) in [6.07, 6.45) is 4.86. The second-order valence-corrected chi connectivity index (χ2v) is 6.06. The number of aromatic nitrogens is 4. The molecule has 3 N–H and O–H groups in total. The van der Waals surface area contributed by atoms with Crippen molar-refractivity contribution in [3.8, 4) is 0 Å². The Morgan fingerprint density at radius 3 is 2.95 bits per heavy atom. The molecule has 3 aromatic rings. The highest BCUT2D eigenvalue weighted by Gasteiger charge is 2.24. The zero-order valence-electron chi connectivity index (χ0n) is 11.2. The molecular weight excluding hydrogens is 292 g/mol. The molecule has 0 atom stereocenters. The van der Waals surface area contributed by atoms with E-state index in [-0.39, 0.29) is 11.6 Å². The SMILES string of the molecule is CNc1nc2ccccn2c1S(=O)(=O)NCc1cn[nH]c1. The van der Waals surface area contributed by atoms with Crippen LogP contribution in [0.3, 0.4) is 0 Å². The molecule has 110 valence electrons. The first-order valence-electron chi connectivity index (χ1n) is 6.24. The van der Waals surface area contributed by atoms with E-state index >= 15 is 0 Å². The number of hydrogen-bond acceptors (Lipinski definition) is 5. The Morgan fingerprint density at radius 1 is 1.38 bits per heavy atom. The fourth-order valence-electron chi connectivity index (χ4n) is 2.01. The smallest absolute Gasteiger partial charge is 0.260 e. The molecule has 0 amide bonds. The highest BCUT2D eigenvalue weighted by molar-refractivity contribution is 7.89. The third-order valence-electron chi connectivity index (χ3n) is 3.00. The summed E-state index contributed by atoms with van der Waals surface area (Å²) in [4.78, 5) is 4.26. The summed E-state index contributed by atoms with van der Waals surface area (Å²) in [6, 6.07) is 5.30. The fraction of sp³-hybridized carbons (Fsp3) is 0.167. The molecular formula is C12H14N6O2S. The van der Waals surface area contributed by atoms with Crippen molar-refractivity contribution in [2.75, 3.05) is 12.4 Å². The number of aromatic amines is 1. The summed E-state index contributed by atoms with van der Waals surface area (Å²) in [5.41, 5.74) is 1.31. The molecule has 3 aromatic heterocycles. The topological polar surface area (TPSA) is 104 Å². The second kappa shape index (κ2) is 5.19. The van der Waals surface area contributed by atoms with Gasteiger partial charge >= 0.3 is 0 Å². The summed E-state index contributed by atoms with van der Waals surface area (Å²) in [5.74, 6) is 0.306. The van der Waals surface area contributed by atoms with E-state index in [1.165, 1.54) is 4.40 Å². The van der Waals surface area contributed by atoms with Crippen LogP contribution in [0.1, 0.15) is 5.56 Å². The van der Waals surface area contributed by atoms with Gasteiger partial charge in [-0.1, -0.05) is 6.07 Å². The predicted octanol–water partition coefficient (Wildman–Crippen LogP) is 0.578.